The minimum absolute atomic E-state index is 0. The molecule has 3 nitrogen and oxygen atoms in total. The summed E-state index contributed by atoms with van der Waals surface area (Å²) in [5, 5.41) is 8.62. The van der Waals surface area contributed by atoms with E-state index in [0.717, 1.165) is 23.0 Å². The molecular weight excluding hydrogens is 267 g/mol. The molecule has 0 amide bonds. The van der Waals surface area contributed by atoms with Crippen LogP contribution in [-0.2, 0) is 0 Å². The molecule has 14 heavy (non-hydrogen) atoms. The highest BCUT2D eigenvalue weighted by molar-refractivity contribution is 9.10. The minimum Gasteiger partial charge on any atom is -0.396 e. The largest absolute Gasteiger partial charge is 0.396 e. The van der Waals surface area contributed by atoms with Crippen LogP contribution in [-0.4, -0.2) is 16.7 Å². The third-order valence-electron chi connectivity index (χ3n) is 1.80. The van der Waals surface area contributed by atoms with Crippen molar-refractivity contribution < 1.29 is 5.11 Å². The van der Waals surface area contributed by atoms with Crippen LogP contribution >= 0.6 is 28.3 Å². The van der Waals surface area contributed by atoms with Gasteiger partial charge in [-0.15, -0.1) is 12.4 Å². The molecule has 1 aromatic heterocycles. The fraction of sp³-hybridized carbons (Fsp3) is 0.444. The lowest BCUT2D eigenvalue weighted by atomic mass is 10.1. The maximum Gasteiger partial charge on any atom is 0.0571 e. The molecule has 0 aromatic carbocycles. The molecule has 0 fully saturated rings. The summed E-state index contributed by atoms with van der Waals surface area (Å²) in [6, 6.07) is 3.74. The van der Waals surface area contributed by atoms with Crippen molar-refractivity contribution in [2.75, 3.05) is 6.61 Å². The molecule has 0 saturated heterocycles. The van der Waals surface area contributed by atoms with Gasteiger partial charge in [0.05, 0.1) is 5.69 Å². The van der Waals surface area contributed by atoms with Crippen molar-refractivity contribution >= 4 is 28.3 Å². The molecule has 0 radical (unpaired) electrons. The summed E-state index contributed by atoms with van der Waals surface area (Å²) < 4.78 is 0.950. The van der Waals surface area contributed by atoms with Gasteiger partial charge in [0.1, 0.15) is 0 Å². The molecule has 0 saturated carbocycles. The highest BCUT2D eigenvalue weighted by Crippen LogP contribution is 2.15. The van der Waals surface area contributed by atoms with E-state index < -0.39 is 0 Å². The number of hydrogen-bond acceptors (Lipinski definition) is 3. The molecule has 5 heteroatoms. The number of pyridine rings is 1. The van der Waals surface area contributed by atoms with Gasteiger partial charge in [0, 0.05) is 23.3 Å². The minimum atomic E-state index is -0.0692. The van der Waals surface area contributed by atoms with Gasteiger partial charge in [0.2, 0.25) is 0 Å². The molecule has 1 heterocycles. The van der Waals surface area contributed by atoms with Gasteiger partial charge < -0.3 is 10.8 Å². The van der Waals surface area contributed by atoms with Gasteiger partial charge in [0.25, 0.3) is 0 Å². The topological polar surface area (TPSA) is 59.1 Å². The highest BCUT2D eigenvalue weighted by Gasteiger charge is 2.05. The maximum atomic E-state index is 8.62. The van der Waals surface area contributed by atoms with E-state index in [1.54, 1.807) is 6.20 Å². The van der Waals surface area contributed by atoms with Gasteiger partial charge in [-0.05, 0) is 40.9 Å². The summed E-state index contributed by atoms with van der Waals surface area (Å²) in [7, 11) is 0. The molecule has 80 valence electrons. The molecule has 3 N–H and O–H groups in total. The predicted octanol–water partition coefficient (Wildman–Crippen LogP) is 2.04. The van der Waals surface area contributed by atoms with E-state index in [9.17, 15) is 0 Å². The zero-order valence-electron chi connectivity index (χ0n) is 7.69. The van der Waals surface area contributed by atoms with Crippen molar-refractivity contribution in [1.82, 2.24) is 4.98 Å². The van der Waals surface area contributed by atoms with E-state index in [1.807, 2.05) is 12.1 Å². The first-order valence-electron chi connectivity index (χ1n) is 4.22. The van der Waals surface area contributed by atoms with Crippen LogP contribution in [0, 0.1) is 0 Å². The number of nitrogens with zero attached hydrogens (tertiary/aromatic N) is 1. The van der Waals surface area contributed by atoms with Crippen LogP contribution in [0.25, 0.3) is 0 Å². The fourth-order valence-electron chi connectivity index (χ4n) is 1.07. The van der Waals surface area contributed by atoms with Gasteiger partial charge in [-0.1, -0.05) is 0 Å². The van der Waals surface area contributed by atoms with E-state index in [0.29, 0.717) is 0 Å². The Bertz CT molecular complexity index is 255. The lowest BCUT2D eigenvalue weighted by Gasteiger charge is -2.09. The Morgan fingerprint density at radius 2 is 2.21 bits per heavy atom. The van der Waals surface area contributed by atoms with Crippen LogP contribution in [0.1, 0.15) is 24.6 Å². The SMILES string of the molecule is Cl.N[C@H](CCCO)c1ccc(Br)cn1. The van der Waals surface area contributed by atoms with Gasteiger partial charge in [-0.25, -0.2) is 0 Å². The van der Waals surface area contributed by atoms with Crippen LogP contribution in [0.3, 0.4) is 0 Å². The average molecular weight is 282 g/mol. The van der Waals surface area contributed by atoms with Crippen molar-refractivity contribution in [1.29, 1.82) is 0 Å². The Balaban J connectivity index is 0.00000169. The van der Waals surface area contributed by atoms with E-state index in [1.165, 1.54) is 0 Å². The van der Waals surface area contributed by atoms with E-state index >= 15 is 0 Å². The Labute approximate surface area is 98.3 Å². The summed E-state index contributed by atoms with van der Waals surface area (Å²) in [4.78, 5) is 4.18. The maximum absolute atomic E-state index is 8.62. The molecule has 0 aliphatic heterocycles. The van der Waals surface area contributed by atoms with Gasteiger partial charge in [0.15, 0.2) is 0 Å². The second kappa shape index (κ2) is 7.17. The van der Waals surface area contributed by atoms with Crippen molar-refractivity contribution in [3.63, 3.8) is 0 Å². The van der Waals surface area contributed by atoms with Crippen LogP contribution in [0.5, 0.6) is 0 Å². The van der Waals surface area contributed by atoms with Crippen LogP contribution < -0.4 is 5.73 Å². The summed E-state index contributed by atoms with van der Waals surface area (Å²) in [6.07, 6.45) is 3.22. The average Bonchev–Trinajstić information content (AvgIpc) is 2.15. The summed E-state index contributed by atoms with van der Waals surface area (Å²) in [5.74, 6) is 0. The number of aliphatic hydroxyl groups excluding tert-OH is 1. The summed E-state index contributed by atoms with van der Waals surface area (Å²) >= 11 is 3.30. The number of hydrogen-bond donors (Lipinski definition) is 2. The van der Waals surface area contributed by atoms with Gasteiger partial charge in [-0.2, -0.15) is 0 Å². The van der Waals surface area contributed by atoms with Crippen molar-refractivity contribution in [2.24, 2.45) is 5.73 Å². The van der Waals surface area contributed by atoms with Gasteiger partial charge >= 0.3 is 0 Å². The number of halogens is 2. The van der Waals surface area contributed by atoms with Crippen LogP contribution in [0.4, 0.5) is 0 Å². The Morgan fingerprint density at radius 1 is 1.50 bits per heavy atom. The standard InChI is InChI=1S/C9H13BrN2O.ClH/c10-7-3-4-9(12-6-7)8(11)2-1-5-13;/h3-4,6,8,13H,1-2,5,11H2;1H/t8-;/m1./s1. The fourth-order valence-corrected chi connectivity index (χ4v) is 1.30. The number of nitrogens with two attached hydrogens (primary N) is 1. The summed E-state index contributed by atoms with van der Waals surface area (Å²) in [5.41, 5.74) is 6.71. The highest BCUT2D eigenvalue weighted by atomic mass is 79.9. The zero-order valence-corrected chi connectivity index (χ0v) is 10.1. The van der Waals surface area contributed by atoms with E-state index in [-0.39, 0.29) is 25.1 Å². The molecule has 0 unspecified atom stereocenters. The molecular formula is C9H14BrClN2O. The third-order valence-corrected chi connectivity index (χ3v) is 2.27. The molecule has 1 rings (SSSR count). The lowest BCUT2D eigenvalue weighted by Crippen LogP contribution is -2.12. The van der Waals surface area contributed by atoms with Crippen LogP contribution in [0.15, 0.2) is 22.8 Å². The predicted molar refractivity (Wildman–Crippen MR) is 62.4 cm³/mol. The molecule has 0 bridgehead atoms. The van der Waals surface area contributed by atoms with Crippen molar-refractivity contribution in [3.05, 3.63) is 28.5 Å². The monoisotopic (exact) mass is 280 g/mol. The number of aliphatic hydroxyl groups is 1. The summed E-state index contributed by atoms with van der Waals surface area (Å²) in [6.45, 7) is 0.185. The molecule has 1 aromatic rings. The lowest BCUT2D eigenvalue weighted by molar-refractivity contribution is 0.279. The van der Waals surface area contributed by atoms with Crippen molar-refractivity contribution in [3.8, 4) is 0 Å². The smallest absolute Gasteiger partial charge is 0.0571 e. The normalized spacial score (nSPS) is 11.9. The second-order valence-electron chi connectivity index (χ2n) is 2.87. The zero-order chi connectivity index (χ0) is 9.68. The number of rotatable bonds is 4. The van der Waals surface area contributed by atoms with Gasteiger partial charge in [-0.3, -0.25) is 4.98 Å². The first-order chi connectivity index (χ1) is 6.24. The first-order valence-corrected chi connectivity index (χ1v) is 5.01. The second-order valence-corrected chi connectivity index (χ2v) is 3.79. The van der Waals surface area contributed by atoms with E-state index in [2.05, 4.69) is 20.9 Å². The van der Waals surface area contributed by atoms with Crippen LogP contribution in [0.2, 0.25) is 0 Å². The number of aromatic nitrogens is 1. The first kappa shape index (κ1) is 13.8. The molecule has 0 aliphatic rings. The van der Waals surface area contributed by atoms with Crippen molar-refractivity contribution in [2.45, 2.75) is 18.9 Å². The quantitative estimate of drug-likeness (QED) is 0.888. The molecule has 1 atom stereocenters. The Kier molecular flexibility index (Phi) is 7.09. The Morgan fingerprint density at radius 3 is 2.71 bits per heavy atom. The molecule has 0 spiro atoms. The van der Waals surface area contributed by atoms with E-state index in [4.69, 9.17) is 10.8 Å². The Hall–Kier alpha value is -0.160. The third kappa shape index (κ3) is 4.37. The molecule has 0 aliphatic carbocycles.